The molecule has 1 aliphatic heterocycles. The first-order chi connectivity index (χ1) is 10.1. The standard InChI is InChI=1S/C16H21Cl2NO2/c1-2-4-15(11-6-7-13(17)14(18)9-11)19-16(20)12-5-3-8-21-10-12/h6-7,9,12,15H,2-5,8,10H2,1H3,(H,19,20). The second kappa shape index (κ2) is 8.02. The summed E-state index contributed by atoms with van der Waals surface area (Å²) < 4.78 is 5.39. The van der Waals surface area contributed by atoms with Gasteiger partial charge in [-0.3, -0.25) is 4.79 Å². The first-order valence-corrected chi connectivity index (χ1v) is 8.20. The molecule has 1 saturated heterocycles. The lowest BCUT2D eigenvalue weighted by Gasteiger charge is -2.25. The average Bonchev–Trinajstić information content (AvgIpc) is 2.50. The van der Waals surface area contributed by atoms with Gasteiger partial charge in [0.05, 0.1) is 28.6 Å². The zero-order valence-electron chi connectivity index (χ0n) is 12.2. The van der Waals surface area contributed by atoms with E-state index >= 15 is 0 Å². The molecule has 1 aromatic carbocycles. The van der Waals surface area contributed by atoms with Crippen LogP contribution in [0.25, 0.3) is 0 Å². The number of ether oxygens (including phenoxy) is 1. The van der Waals surface area contributed by atoms with Crippen LogP contribution in [0.5, 0.6) is 0 Å². The maximum Gasteiger partial charge on any atom is 0.225 e. The Morgan fingerprint density at radius 2 is 2.24 bits per heavy atom. The topological polar surface area (TPSA) is 38.3 Å². The van der Waals surface area contributed by atoms with Crippen LogP contribution in [0.2, 0.25) is 10.0 Å². The van der Waals surface area contributed by atoms with Crippen LogP contribution in [0, 0.1) is 5.92 Å². The minimum atomic E-state index is -0.0409. The van der Waals surface area contributed by atoms with E-state index in [1.807, 2.05) is 12.1 Å². The van der Waals surface area contributed by atoms with Gasteiger partial charge in [-0.25, -0.2) is 0 Å². The van der Waals surface area contributed by atoms with E-state index in [2.05, 4.69) is 12.2 Å². The molecule has 0 bridgehead atoms. The van der Waals surface area contributed by atoms with E-state index < -0.39 is 0 Å². The minimum Gasteiger partial charge on any atom is -0.381 e. The summed E-state index contributed by atoms with van der Waals surface area (Å²) in [5.74, 6) is 0.0279. The number of hydrogen-bond donors (Lipinski definition) is 1. The fourth-order valence-electron chi connectivity index (χ4n) is 2.58. The van der Waals surface area contributed by atoms with Gasteiger partial charge in [-0.15, -0.1) is 0 Å². The van der Waals surface area contributed by atoms with Crippen molar-refractivity contribution in [2.24, 2.45) is 5.92 Å². The molecule has 0 aliphatic carbocycles. The van der Waals surface area contributed by atoms with Crippen molar-refractivity contribution in [1.29, 1.82) is 0 Å². The Labute approximate surface area is 136 Å². The molecule has 116 valence electrons. The Balaban J connectivity index is 2.07. The molecule has 2 rings (SSSR count). The molecular weight excluding hydrogens is 309 g/mol. The van der Waals surface area contributed by atoms with Crippen molar-refractivity contribution < 1.29 is 9.53 Å². The summed E-state index contributed by atoms with van der Waals surface area (Å²) in [4.78, 5) is 12.4. The number of benzene rings is 1. The molecule has 0 spiro atoms. The van der Waals surface area contributed by atoms with Crippen molar-refractivity contribution in [3.8, 4) is 0 Å². The van der Waals surface area contributed by atoms with Crippen molar-refractivity contribution in [2.75, 3.05) is 13.2 Å². The SMILES string of the molecule is CCCC(NC(=O)C1CCCOC1)c1ccc(Cl)c(Cl)c1. The molecule has 0 radical (unpaired) electrons. The summed E-state index contributed by atoms with van der Waals surface area (Å²) in [6.07, 6.45) is 3.69. The number of hydrogen-bond acceptors (Lipinski definition) is 2. The molecule has 3 nitrogen and oxygen atoms in total. The zero-order chi connectivity index (χ0) is 15.2. The number of carbonyl (C=O) groups excluding carboxylic acids is 1. The van der Waals surface area contributed by atoms with Crippen molar-refractivity contribution in [3.63, 3.8) is 0 Å². The molecule has 1 aromatic rings. The largest absolute Gasteiger partial charge is 0.381 e. The van der Waals surface area contributed by atoms with Crippen LogP contribution in [0.4, 0.5) is 0 Å². The quantitative estimate of drug-likeness (QED) is 0.870. The van der Waals surface area contributed by atoms with Crippen LogP contribution in [0.15, 0.2) is 18.2 Å². The Bertz CT molecular complexity index is 487. The highest BCUT2D eigenvalue weighted by molar-refractivity contribution is 6.42. The number of rotatable bonds is 5. The first-order valence-electron chi connectivity index (χ1n) is 7.45. The van der Waals surface area contributed by atoms with Gasteiger partial charge in [0.15, 0.2) is 0 Å². The third kappa shape index (κ3) is 4.60. The molecule has 1 fully saturated rings. The second-order valence-corrected chi connectivity index (χ2v) is 6.25. The number of halogens is 2. The lowest BCUT2D eigenvalue weighted by atomic mass is 9.98. The Hall–Kier alpha value is -0.770. The molecule has 1 amide bonds. The molecule has 0 saturated carbocycles. The summed E-state index contributed by atoms with van der Waals surface area (Å²) >= 11 is 12.0. The summed E-state index contributed by atoms with van der Waals surface area (Å²) in [6.45, 7) is 3.38. The van der Waals surface area contributed by atoms with Gasteiger partial charge in [0, 0.05) is 6.61 Å². The van der Waals surface area contributed by atoms with Crippen molar-refractivity contribution in [2.45, 2.75) is 38.6 Å². The highest BCUT2D eigenvalue weighted by Crippen LogP contribution is 2.28. The summed E-state index contributed by atoms with van der Waals surface area (Å²) in [5, 5.41) is 4.18. The highest BCUT2D eigenvalue weighted by Gasteiger charge is 2.24. The van der Waals surface area contributed by atoms with E-state index in [4.69, 9.17) is 27.9 Å². The van der Waals surface area contributed by atoms with Crippen LogP contribution in [0.1, 0.15) is 44.2 Å². The van der Waals surface area contributed by atoms with E-state index in [-0.39, 0.29) is 17.9 Å². The fraction of sp³-hybridized carbons (Fsp3) is 0.562. The van der Waals surface area contributed by atoms with Gasteiger partial charge in [-0.1, -0.05) is 42.6 Å². The third-order valence-corrected chi connectivity index (χ3v) is 4.51. The molecule has 2 unspecified atom stereocenters. The van der Waals surface area contributed by atoms with E-state index in [0.717, 1.165) is 37.9 Å². The molecule has 21 heavy (non-hydrogen) atoms. The Morgan fingerprint density at radius 3 is 2.86 bits per heavy atom. The lowest BCUT2D eigenvalue weighted by Crippen LogP contribution is -2.37. The summed E-state index contributed by atoms with van der Waals surface area (Å²) in [7, 11) is 0. The van der Waals surface area contributed by atoms with Gasteiger partial charge in [-0.2, -0.15) is 0 Å². The lowest BCUT2D eigenvalue weighted by molar-refractivity contribution is -0.129. The average molecular weight is 330 g/mol. The first kappa shape index (κ1) is 16.6. The fourth-order valence-corrected chi connectivity index (χ4v) is 2.88. The third-order valence-electron chi connectivity index (χ3n) is 3.77. The van der Waals surface area contributed by atoms with Gasteiger partial charge in [-0.05, 0) is 37.0 Å². The number of amides is 1. The Morgan fingerprint density at radius 1 is 1.43 bits per heavy atom. The predicted molar refractivity (Wildman–Crippen MR) is 85.8 cm³/mol. The zero-order valence-corrected chi connectivity index (χ0v) is 13.7. The molecule has 1 aliphatic rings. The number of carbonyl (C=O) groups is 1. The predicted octanol–water partition coefficient (Wildman–Crippen LogP) is 4.38. The Kier molecular flexibility index (Phi) is 6.34. The van der Waals surface area contributed by atoms with E-state index in [1.54, 1.807) is 6.07 Å². The molecular formula is C16H21Cl2NO2. The van der Waals surface area contributed by atoms with Crippen LogP contribution in [-0.4, -0.2) is 19.1 Å². The second-order valence-electron chi connectivity index (χ2n) is 5.44. The van der Waals surface area contributed by atoms with Crippen molar-refractivity contribution in [1.82, 2.24) is 5.32 Å². The minimum absolute atomic E-state index is 0.0285. The molecule has 2 atom stereocenters. The molecule has 5 heteroatoms. The summed E-state index contributed by atoms with van der Waals surface area (Å²) in [6, 6.07) is 5.51. The highest BCUT2D eigenvalue weighted by atomic mass is 35.5. The summed E-state index contributed by atoms with van der Waals surface area (Å²) in [5.41, 5.74) is 0.997. The maximum atomic E-state index is 12.4. The molecule has 1 heterocycles. The van der Waals surface area contributed by atoms with Crippen molar-refractivity contribution >= 4 is 29.1 Å². The maximum absolute atomic E-state index is 12.4. The molecule has 1 N–H and O–H groups in total. The monoisotopic (exact) mass is 329 g/mol. The van der Waals surface area contributed by atoms with Crippen LogP contribution in [-0.2, 0) is 9.53 Å². The van der Waals surface area contributed by atoms with E-state index in [1.165, 1.54) is 0 Å². The van der Waals surface area contributed by atoms with E-state index in [0.29, 0.717) is 16.7 Å². The van der Waals surface area contributed by atoms with Gasteiger partial charge in [0.1, 0.15) is 0 Å². The van der Waals surface area contributed by atoms with E-state index in [9.17, 15) is 4.79 Å². The van der Waals surface area contributed by atoms with Crippen molar-refractivity contribution in [3.05, 3.63) is 33.8 Å². The van der Waals surface area contributed by atoms with Gasteiger partial charge < -0.3 is 10.1 Å². The number of nitrogens with one attached hydrogen (secondary N) is 1. The molecule has 0 aromatic heterocycles. The van der Waals surface area contributed by atoms with Gasteiger partial charge >= 0.3 is 0 Å². The normalized spacial score (nSPS) is 20.0. The van der Waals surface area contributed by atoms with Gasteiger partial charge in [0.25, 0.3) is 0 Å². The smallest absolute Gasteiger partial charge is 0.225 e. The van der Waals surface area contributed by atoms with Gasteiger partial charge in [0.2, 0.25) is 5.91 Å². The van der Waals surface area contributed by atoms with Crippen LogP contribution in [0.3, 0.4) is 0 Å². The van der Waals surface area contributed by atoms with Crippen LogP contribution >= 0.6 is 23.2 Å². The van der Waals surface area contributed by atoms with Crippen LogP contribution < -0.4 is 5.32 Å².